The summed E-state index contributed by atoms with van der Waals surface area (Å²) in [5, 5.41) is 3.40. The summed E-state index contributed by atoms with van der Waals surface area (Å²) in [6.45, 7) is 6.54. The molecule has 1 saturated carbocycles. The van der Waals surface area contributed by atoms with Crippen molar-refractivity contribution < 1.29 is 18.3 Å². The number of carbonyl (C=O) groups is 1. The van der Waals surface area contributed by atoms with Gasteiger partial charge in [-0.05, 0) is 63.2 Å². The second kappa shape index (κ2) is 7.01. The quantitative estimate of drug-likeness (QED) is 0.529. The van der Waals surface area contributed by atoms with Crippen LogP contribution in [0.1, 0.15) is 68.3 Å². The molecule has 0 saturated heterocycles. The molecule has 1 aromatic carbocycles. The van der Waals surface area contributed by atoms with Crippen LogP contribution in [0.25, 0.3) is 0 Å². The number of benzene rings is 1. The maximum absolute atomic E-state index is 14.7. The van der Waals surface area contributed by atoms with Crippen molar-refractivity contribution in [1.29, 1.82) is 0 Å². The van der Waals surface area contributed by atoms with Gasteiger partial charge in [-0.1, -0.05) is 15.9 Å². The van der Waals surface area contributed by atoms with Gasteiger partial charge >= 0.3 is 6.09 Å². The van der Waals surface area contributed by atoms with Crippen LogP contribution in [-0.4, -0.2) is 29.7 Å². The fraction of sp³-hybridized carbons (Fsp3) is 0.571. The summed E-state index contributed by atoms with van der Waals surface area (Å²) in [5.41, 5.74) is 3.33. The topological polar surface area (TPSA) is 41.6 Å². The third-order valence-electron chi connectivity index (χ3n) is 5.46. The Labute approximate surface area is 172 Å². The van der Waals surface area contributed by atoms with Crippen molar-refractivity contribution in [2.75, 3.05) is 18.4 Å². The molecule has 1 N–H and O–H groups in total. The van der Waals surface area contributed by atoms with E-state index < -0.39 is 22.1 Å². The van der Waals surface area contributed by atoms with Gasteiger partial charge in [0, 0.05) is 36.5 Å². The van der Waals surface area contributed by atoms with E-state index in [4.69, 9.17) is 4.74 Å². The number of hydrogen-bond acceptors (Lipinski definition) is 3. The Morgan fingerprint density at radius 2 is 1.93 bits per heavy atom. The number of nitrogens with zero attached hydrogens (tertiary/aromatic N) is 1. The van der Waals surface area contributed by atoms with Crippen LogP contribution in [0.5, 0.6) is 0 Å². The average molecular weight is 455 g/mol. The van der Waals surface area contributed by atoms with Gasteiger partial charge in [0.25, 0.3) is 0 Å². The first-order valence-electron chi connectivity index (χ1n) is 9.78. The summed E-state index contributed by atoms with van der Waals surface area (Å²) in [4.78, 5) is 13.8. The highest BCUT2D eigenvalue weighted by Gasteiger charge is 2.37. The van der Waals surface area contributed by atoms with Crippen LogP contribution in [-0.2, 0) is 4.74 Å². The van der Waals surface area contributed by atoms with E-state index >= 15 is 0 Å². The van der Waals surface area contributed by atoms with E-state index in [1.54, 1.807) is 4.90 Å². The zero-order chi connectivity index (χ0) is 20.2. The Kier molecular flexibility index (Phi) is 4.92. The Hall–Kier alpha value is -1.63. The highest BCUT2D eigenvalue weighted by atomic mass is 79.9. The predicted molar refractivity (Wildman–Crippen MR) is 108 cm³/mol. The van der Waals surface area contributed by atoms with Crippen molar-refractivity contribution in [3.05, 3.63) is 40.1 Å². The Morgan fingerprint density at radius 3 is 2.57 bits per heavy atom. The highest BCUT2D eigenvalue weighted by molar-refractivity contribution is 9.09. The molecule has 2 heterocycles. The fourth-order valence-electron chi connectivity index (χ4n) is 3.94. The van der Waals surface area contributed by atoms with Crippen LogP contribution in [0, 0.1) is 11.6 Å². The fourth-order valence-corrected chi connectivity index (χ4v) is 4.88. The molecule has 1 amide bonds. The number of fused-ring (bicyclic) bond motifs is 1. The predicted octanol–water partition coefficient (Wildman–Crippen LogP) is 5.99. The van der Waals surface area contributed by atoms with Crippen molar-refractivity contribution >= 4 is 27.7 Å². The van der Waals surface area contributed by atoms with E-state index in [0.29, 0.717) is 43.1 Å². The minimum Gasteiger partial charge on any atom is -0.444 e. The van der Waals surface area contributed by atoms with Crippen LogP contribution in [0.3, 0.4) is 0 Å². The molecule has 1 unspecified atom stereocenters. The second-order valence-electron chi connectivity index (χ2n) is 8.78. The smallest absolute Gasteiger partial charge is 0.410 e. The summed E-state index contributed by atoms with van der Waals surface area (Å²) < 4.78 is 34.4. The lowest BCUT2D eigenvalue weighted by Gasteiger charge is -2.30. The highest BCUT2D eigenvalue weighted by Crippen LogP contribution is 2.52. The van der Waals surface area contributed by atoms with Crippen LogP contribution in [0.15, 0.2) is 17.3 Å². The molecule has 28 heavy (non-hydrogen) atoms. The lowest BCUT2D eigenvalue weighted by atomic mass is 9.90. The van der Waals surface area contributed by atoms with Gasteiger partial charge in [0.05, 0.1) is 4.83 Å². The molecule has 1 aliphatic carbocycles. The SMILES string of the molecule is CC(C)(C)OC(=O)N1CCC2=C(CC1)C(Br)c1c(F)c(F)cc(C3CC3)c1N2. The molecule has 4 nitrogen and oxygen atoms in total. The number of amides is 1. The third-order valence-corrected chi connectivity index (χ3v) is 6.47. The van der Waals surface area contributed by atoms with Crippen molar-refractivity contribution in [2.24, 2.45) is 0 Å². The van der Waals surface area contributed by atoms with E-state index in [9.17, 15) is 13.6 Å². The Balaban J connectivity index is 1.61. The van der Waals surface area contributed by atoms with E-state index in [-0.39, 0.29) is 6.09 Å². The van der Waals surface area contributed by atoms with Gasteiger partial charge < -0.3 is 15.0 Å². The van der Waals surface area contributed by atoms with Gasteiger partial charge in [-0.15, -0.1) is 0 Å². The largest absolute Gasteiger partial charge is 0.444 e. The third kappa shape index (κ3) is 3.65. The number of hydrogen-bond donors (Lipinski definition) is 1. The standard InChI is InChI=1S/C21H25BrF2N2O2/c1-21(2,3)28-20(27)26-8-6-12-15(7-9-26)25-19-13(11-4-5-11)10-14(23)18(24)16(19)17(12)22/h10-11,17,25H,4-9H2,1-3H3. The minimum absolute atomic E-state index is 0.294. The van der Waals surface area contributed by atoms with Crippen LogP contribution in [0.4, 0.5) is 19.3 Å². The van der Waals surface area contributed by atoms with Crippen molar-refractivity contribution in [2.45, 2.75) is 62.8 Å². The Morgan fingerprint density at radius 1 is 1.25 bits per heavy atom. The number of rotatable bonds is 1. The zero-order valence-electron chi connectivity index (χ0n) is 16.4. The van der Waals surface area contributed by atoms with Gasteiger partial charge in [0.2, 0.25) is 0 Å². The summed E-state index contributed by atoms with van der Waals surface area (Å²) in [6, 6.07) is 1.34. The van der Waals surface area contributed by atoms with E-state index in [1.165, 1.54) is 6.07 Å². The minimum atomic E-state index is -0.798. The first kappa shape index (κ1) is 19.7. The number of alkyl halides is 1. The molecule has 1 aromatic rings. The van der Waals surface area contributed by atoms with E-state index in [1.807, 2.05) is 20.8 Å². The van der Waals surface area contributed by atoms with Crippen molar-refractivity contribution in [3.63, 3.8) is 0 Å². The molecule has 0 radical (unpaired) electrons. The summed E-state index contributed by atoms with van der Waals surface area (Å²) in [5.74, 6) is -1.30. The van der Waals surface area contributed by atoms with Crippen LogP contribution >= 0.6 is 15.9 Å². The molecular formula is C21H25BrF2N2O2. The van der Waals surface area contributed by atoms with Gasteiger partial charge in [-0.2, -0.15) is 0 Å². The maximum atomic E-state index is 14.7. The Bertz CT molecular complexity index is 859. The molecule has 0 spiro atoms. The first-order valence-corrected chi connectivity index (χ1v) is 10.7. The van der Waals surface area contributed by atoms with Gasteiger partial charge in [-0.3, -0.25) is 0 Å². The van der Waals surface area contributed by atoms with Crippen molar-refractivity contribution in [1.82, 2.24) is 4.90 Å². The summed E-state index contributed by atoms with van der Waals surface area (Å²) >= 11 is 3.62. The van der Waals surface area contributed by atoms with E-state index in [0.717, 1.165) is 29.7 Å². The van der Waals surface area contributed by atoms with Crippen molar-refractivity contribution in [3.8, 4) is 0 Å². The van der Waals surface area contributed by atoms with Gasteiger partial charge in [0.15, 0.2) is 11.6 Å². The molecule has 0 bridgehead atoms. The molecular weight excluding hydrogens is 430 g/mol. The summed E-state index contributed by atoms with van der Waals surface area (Å²) in [6.07, 6.45) is 2.87. The second-order valence-corrected chi connectivity index (χ2v) is 9.70. The molecule has 0 aromatic heterocycles. The van der Waals surface area contributed by atoms with Gasteiger partial charge in [0.1, 0.15) is 5.60 Å². The number of nitrogens with one attached hydrogen (secondary N) is 1. The number of anilines is 1. The van der Waals surface area contributed by atoms with E-state index in [2.05, 4.69) is 21.2 Å². The average Bonchev–Trinajstić information content (AvgIpc) is 3.43. The number of carbonyl (C=O) groups excluding carboxylic acids is 1. The van der Waals surface area contributed by atoms with Gasteiger partial charge in [-0.25, -0.2) is 13.6 Å². The molecule has 4 rings (SSSR count). The van der Waals surface area contributed by atoms with Crippen LogP contribution < -0.4 is 5.32 Å². The lowest BCUT2D eigenvalue weighted by molar-refractivity contribution is 0.0258. The maximum Gasteiger partial charge on any atom is 0.410 e. The molecule has 152 valence electrons. The molecule has 1 atom stereocenters. The molecule has 7 heteroatoms. The summed E-state index contributed by atoms with van der Waals surface area (Å²) in [7, 11) is 0. The normalized spacial score (nSPS) is 22.2. The molecule has 3 aliphatic rings. The molecule has 1 fully saturated rings. The lowest BCUT2D eigenvalue weighted by Crippen LogP contribution is -2.37. The monoisotopic (exact) mass is 454 g/mol. The number of halogens is 3. The number of ether oxygens (including phenoxy) is 1. The zero-order valence-corrected chi connectivity index (χ0v) is 18.0. The first-order chi connectivity index (χ1) is 13.2. The molecule has 2 aliphatic heterocycles. The van der Waals surface area contributed by atoms with Crippen LogP contribution in [0.2, 0.25) is 0 Å².